The van der Waals surface area contributed by atoms with Gasteiger partial charge >= 0.3 is 5.97 Å². The van der Waals surface area contributed by atoms with Crippen LogP contribution in [-0.2, 0) is 16.1 Å². The van der Waals surface area contributed by atoms with E-state index < -0.39 is 23.7 Å². The van der Waals surface area contributed by atoms with E-state index in [1.807, 2.05) is 84.9 Å². The molecule has 2 bridgehead atoms. The SMILES string of the molecule is CCOC(=O)[C@@H]1[C@@H]2c3ccccc3O[C@]1(C)N=c1s/c(=C/c3ccc(OCc4ccccc4)cc3)c(=O)n12. The van der Waals surface area contributed by atoms with Gasteiger partial charge in [-0.1, -0.05) is 72.0 Å². The molecule has 38 heavy (non-hydrogen) atoms. The van der Waals surface area contributed by atoms with Crippen LogP contribution in [0, 0.1) is 5.92 Å². The molecular weight excluding hydrogens is 500 g/mol. The number of aromatic nitrogens is 1. The standard InChI is InChI=1S/C30H26N2O5S/c1-3-35-28(34)25-26-22-11-7-8-12-23(22)37-30(25,2)31-29-32(26)27(33)24(38-29)17-19-13-15-21(16-14-19)36-18-20-9-5-4-6-10-20/h4-17,25-26H,3,18H2,1-2H3/b24-17+/t25-,26-,30-/m0/s1. The molecule has 3 heterocycles. The molecule has 0 spiro atoms. The monoisotopic (exact) mass is 526 g/mol. The van der Waals surface area contributed by atoms with E-state index in [0.29, 0.717) is 21.7 Å². The maximum absolute atomic E-state index is 13.7. The first-order chi connectivity index (χ1) is 18.5. The Balaban J connectivity index is 1.38. The molecule has 0 aliphatic carbocycles. The van der Waals surface area contributed by atoms with Crippen LogP contribution in [0.1, 0.15) is 36.6 Å². The second-order valence-corrected chi connectivity index (χ2v) is 10.4. The van der Waals surface area contributed by atoms with Crippen molar-refractivity contribution in [3.05, 3.63) is 115 Å². The number of ether oxygens (including phenoxy) is 3. The van der Waals surface area contributed by atoms with Crippen molar-refractivity contribution >= 4 is 23.4 Å². The Hall–Kier alpha value is -4.17. The van der Waals surface area contributed by atoms with Crippen molar-refractivity contribution in [2.45, 2.75) is 32.2 Å². The number of carbonyl (C=O) groups is 1. The van der Waals surface area contributed by atoms with Crippen LogP contribution in [-0.4, -0.2) is 22.9 Å². The van der Waals surface area contributed by atoms with Gasteiger partial charge in [0.2, 0.25) is 5.72 Å². The summed E-state index contributed by atoms with van der Waals surface area (Å²) in [5.41, 5.74) is 1.34. The summed E-state index contributed by atoms with van der Waals surface area (Å²) in [7, 11) is 0. The second kappa shape index (κ2) is 9.61. The van der Waals surface area contributed by atoms with Crippen LogP contribution < -0.4 is 24.4 Å². The minimum Gasteiger partial charge on any atom is -0.489 e. The fourth-order valence-corrected chi connectivity index (χ4v) is 6.19. The molecule has 0 amide bonds. The normalized spacial score (nSPS) is 21.5. The van der Waals surface area contributed by atoms with Gasteiger partial charge in [0.25, 0.3) is 5.56 Å². The van der Waals surface area contributed by atoms with Gasteiger partial charge in [0.15, 0.2) is 4.80 Å². The molecule has 7 nitrogen and oxygen atoms in total. The number of hydrogen-bond acceptors (Lipinski definition) is 7. The highest BCUT2D eigenvalue weighted by Gasteiger charge is 2.55. The highest BCUT2D eigenvalue weighted by Crippen LogP contribution is 2.47. The van der Waals surface area contributed by atoms with Crippen molar-refractivity contribution in [3.63, 3.8) is 0 Å². The minimum atomic E-state index is -1.18. The Bertz CT molecular complexity index is 1680. The van der Waals surface area contributed by atoms with Crippen molar-refractivity contribution in [1.29, 1.82) is 0 Å². The van der Waals surface area contributed by atoms with E-state index in [1.54, 1.807) is 18.4 Å². The molecule has 2 aliphatic heterocycles. The number of esters is 1. The molecule has 0 saturated carbocycles. The number of hydrogen-bond donors (Lipinski definition) is 0. The third-order valence-electron chi connectivity index (χ3n) is 6.85. The molecule has 4 aromatic rings. The van der Waals surface area contributed by atoms with E-state index in [0.717, 1.165) is 22.4 Å². The van der Waals surface area contributed by atoms with E-state index in [4.69, 9.17) is 19.2 Å². The average Bonchev–Trinajstić information content (AvgIpc) is 3.21. The molecule has 0 saturated heterocycles. The molecule has 192 valence electrons. The summed E-state index contributed by atoms with van der Waals surface area (Å²) >= 11 is 1.29. The first-order valence-corrected chi connectivity index (χ1v) is 13.3. The fourth-order valence-electron chi connectivity index (χ4n) is 5.09. The predicted octanol–water partition coefficient (Wildman–Crippen LogP) is 3.83. The van der Waals surface area contributed by atoms with E-state index in [9.17, 15) is 9.59 Å². The predicted molar refractivity (Wildman–Crippen MR) is 144 cm³/mol. The van der Waals surface area contributed by atoms with Gasteiger partial charge in [0.1, 0.15) is 24.0 Å². The van der Waals surface area contributed by atoms with E-state index in [-0.39, 0.29) is 12.2 Å². The molecule has 1 aromatic heterocycles. The van der Waals surface area contributed by atoms with Gasteiger partial charge in [0.05, 0.1) is 17.2 Å². The lowest BCUT2D eigenvalue weighted by Gasteiger charge is -2.44. The Morgan fingerprint density at radius 1 is 1.08 bits per heavy atom. The zero-order valence-corrected chi connectivity index (χ0v) is 21.8. The molecule has 3 aromatic carbocycles. The summed E-state index contributed by atoms with van der Waals surface area (Å²) in [4.78, 5) is 32.2. The van der Waals surface area contributed by atoms with Crippen molar-refractivity contribution < 1.29 is 19.0 Å². The second-order valence-electron chi connectivity index (χ2n) is 9.39. The van der Waals surface area contributed by atoms with E-state index in [2.05, 4.69) is 0 Å². The molecule has 2 aliphatic rings. The topological polar surface area (TPSA) is 79.1 Å². The van der Waals surface area contributed by atoms with Gasteiger partial charge in [-0.3, -0.25) is 14.2 Å². The van der Waals surface area contributed by atoms with Crippen molar-refractivity contribution in [2.75, 3.05) is 6.61 Å². The van der Waals surface area contributed by atoms with Crippen molar-refractivity contribution in [3.8, 4) is 11.5 Å². The summed E-state index contributed by atoms with van der Waals surface area (Å²) in [6.07, 6.45) is 1.84. The Morgan fingerprint density at radius 2 is 1.82 bits per heavy atom. The molecule has 0 fully saturated rings. The van der Waals surface area contributed by atoms with Crippen LogP contribution in [0.4, 0.5) is 0 Å². The quantitative estimate of drug-likeness (QED) is 0.357. The largest absolute Gasteiger partial charge is 0.489 e. The maximum atomic E-state index is 13.7. The van der Waals surface area contributed by atoms with Crippen molar-refractivity contribution in [1.82, 2.24) is 4.57 Å². The fraction of sp³-hybridized carbons (Fsp3) is 0.233. The zero-order valence-electron chi connectivity index (χ0n) is 21.0. The lowest BCUT2D eigenvalue weighted by atomic mass is 9.81. The number of benzene rings is 3. The lowest BCUT2D eigenvalue weighted by Crippen LogP contribution is -2.58. The van der Waals surface area contributed by atoms with Gasteiger partial charge < -0.3 is 14.2 Å². The number of carbonyl (C=O) groups excluding carboxylic acids is 1. The molecular formula is C30H26N2O5S. The van der Waals surface area contributed by atoms with Gasteiger partial charge in [-0.25, -0.2) is 4.99 Å². The molecule has 6 rings (SSSR count). The first kappa shape index (κ1) is 24.2. The van der Waals surface area contributed by atoms with Crippen LogP contribution in [0.2, 0.25) is 0 Å². The summed E-state index contributed by atoms with van der Waals surface area (Å²) in [6.45, 7) is 4.26. The van der Waals surface area contributed by atoms with Crippen LogP contribution in [0.3, 0.4) is 0 Å². The van der Waals surface area contributed by atoms with Crippen LogP contribution in [0.25, 0.3) is 6.08 Å². The lowest BCUT2D eigenvalue weighted by molar-refractivity contribution is -0.160. The summed E-state index contributed by atoms with van der Waals surface area (Å²) in [5, 5.41) is 0. The van der Waals surface area contributed by atoms with E-state index >= 15 is 0 Å². The molecule has 0 radical (unpaired) electrons. The van der Waals surface area contributed by atoms with Crippen LogP contribution >= 0.6 is 11.3 Å². The van der Waals surface area contributed by atoms with Gasteiger partial charge in [-0.15, -0.1) is 0 Å². The number of rotatable bonds is 6. The number of fused-ring (bicyclic) bond motifs is 6. The third-order valence-corrected chi connectivity index (χ3v) is 7.83. The third kappa shape index (κ3) is 4.20. The molecule has 0 N–H and O–H groups in total. The zero-order chi connectivity index (χ0) is 26.3. The maximum Gasteiger partial charge on any atom is 0.317 e. The number of para-hydroxylation sites is 1. The molecule has 3 atom stereocenters. The first-order valence-electron chi connectivity index (χ1n) is 12.5. The van der Waals surface area contributed by atoms with E-state index in [1.165, 1.54) is 11.3 Å². The number of nitrogens with zero attached hydrogens (tertiary/aromatic N) is 2. The van der Waals surface area contributed by atoms with Crippen LogP contribution in [0.15, 0.2) is 88.6 Å². The minimum absolute atomic E-state index is 0.198. The Labute approximate surface area is 223 Å². The smallest absolute Gasteiger partial charge is 0.317 e. The van der Waals surface area contributed by atoms with Gasteiger partial charge in [-0.2, -0.15) is 0 Å². The van der Waals surface area contributed by atoms with Crippen LogP contribution in [0.5, 0.6) is 11.5 Å². The molecule has 0 unspecified atom stereocenters. The number of thiazole rings is 1. The van der Waals surface area contributed by atoms with Gasteiger partial charge in [0, 0.05) is 5.56 Å². The Kier molecular flexibility index (Phi) is 6.12. The molecule has 8 heteroatoms. The highest BCUT2D eigenvalue weighted by atomic mass is 32.1. The van der Waals surface area contributed by atoms with Gasteiger partial charge in [-0.05, 0) is 49.2 Å². The van der Waals surface area contributed by atoms with Crippen molar-refractivity contribution in [2.24, 2.45) is 10.9 Å². The average molecular weight is 527 g/mol. The summed E-state index contributed by atoms with van der Waals surface area (Å²) in [5.74, 6) is 0.144. The highest BCUT2D eigenvalue weighted by molar-refractivity contribution is 7.07. The summed E-state index contributed by atoms with van der Waals surface area (Å²) in [6, 6.07) is 24.5. The Morgan fingerprint density at radius 3 is 2.58 bits per heavy atom. The summed E-state index contributed by atoms with van der Waals surface area (Å²) < 4.78 is 19.7.